The van der Waals surface area contributed by atoms with Crippen LogP contribution in [0.2, 0.25) is 0 Å². The zero-order chi connectivity index (χ0) is 22.5. The molecule has 1 atom stereocenters. The third kappa shape index (κ3) is 4.54. The number of hydrogen-bond acceptors (Lipinski definition) is 9. The molecule has 4 aromatic rings. The summed E-state index contributed by atoms with van der Waals surface area (Å²) in [6.07, 6.45) is 5.94. The molecule has 166 valence electrons. The topological polar surface area (TPSA) is 100 Å². The molecule has 10 heteroatoms. The predicted octanol–water partition coefficient (Wildman–Crippen LogP) is 4.33. The Morgan fingerprint density at radius 2 is 1.84 bits per heavy atom. The van der Waals surface area contributed by atoms with Gasteiger partial charge in [-0.3, -0.25) is 19.3 Å². The first-order valence-corrected chi connectivity index (χ1v) is 10.9. The largest absolute Gasteiger partial charge is 0.494 e. The molecule has 3 aromatic heterocycles. The van der Waals surface area contributed by atoms with Crippen LogP contribution in [0.4, 0.5) is 5.95 Å². The molecule has 0 spiro atoms. The summed E-state index contributed by atoms with van der Waals surface area (Å²) in [5.74, 6) is 2.86. The molecular formula is C22H24N6O3S. The van der Waals surface area contributed by atoms with Crippen molar-refractivity contribution in [1.29, 1.82) is 0 Å². The van der Waals surface area contributed by atoms with Gasteiger partial charge in [0, 0.05) is 24.1 Å². The fraction of sp³-hybridized carbons (Fsp3) is 0.273. The second-order valence-corrected chi connectivity index (χ2v) is 8.30. The first kappa shape index (κ1) is 21.7. The fourth-order valence-corrected chi connectivity index (χ4v) is 3.89. The number of furan rings is 1. The first-order valence-electron chi connectivity index (χ1n) is 10.0. The Morgan fingerprint density at radius 3 is 2.47 bits per heavy atom. The van der Waals surface area contributed by atoms with Gasteiger partial charge in [-0.15, -0.1) is 10.2 Å². The number of nitrogens with zero attached hydrogens (tertiary/aromatic N) is 5. The van der Waals surface area contributed by atoms with Gasteiger partial charge in [0.25, 0.3) is 0 Å². The highest BCUT2D eigenvalue weighted by Gasteiger charge is 2.24. The summed E-state index contributed by atoms with van der Waals surface area (Å²) >= 11 is 1.52. The molecule has 0 saturated heterocycles. The second kappa shape index (κ2) is 9.73. The maximum absolute atomic E-state index is 5.62. The van der Waals surface area contributed by atoms with E-state index in [-0.39, 0.29) is 5.25 Å². The average molecular weight is 453 g/mol. The van der Waals surface area contributed by atoms with Crippen LogP contribution in [0.1, 0.15) is 18.3 Å². The fourth-order valence-electron chi connectivity index (χ4n) is 3.19. The number of aryl methyl sites for hydroxylation is 1. The van der Waals surface area contributed by atoms with Crippen molar-refractivity contribution in [3.8, 4) is 28.8 Å². The van der Waals surface area contributed by atoms with E-state index in [1.807, 2.05) is 42.0 Å². The highest BCUT2D eigenvalue weighted by Crippen LogP contribution is 2.38. The standard InChI is InChI=1S/C22H24N6O3S/c1-14-12-24-16(13-23-14)11-15(2)32-27-22-26-25-21(19-9-6-10-31-19)28(22)20-17(29-3)7-5-8-18(20)30-4/h5-10,12-13,15H,11H2,1-4H3,(H,26,27)/t15-/m0/s1. The van der Waals surface area contributed by atoms with E-state index in [0.717, 1.165) is 17.8 Å². The van der Waals surface area contributed by atoms with E-state index in [0.29, 0.717) is 34.7 Å². The molecule has 0 amide bonds. The number of para-hydroxylation sites is 1. The van der Waals surface area contributed by atoms with Gasteiger partial charge in [-0.25, -0.2) is 0 Å². The normalized spacial score (nSPS) is 11.9. The summed E-state index contributed by atoms with van der Waals surface area (Å²) in [5.41, 5.74) is 2.51. The highest BCUT2D eigenvalue weighted by atomic mass is 32.2. The Labute approximate surface area is 190 Å². The molecule has 0 aliphatic rings. The molecule has 0 aliphatic carbocycles. The third-order valence-electron chi connectivity index (χ3n) is 4.71. The van der Waals surface area contributed by atoms with E-state index in [9.17, 15) is 0 Å². The van der Waals surface area contributed by atoms with Crippen molar-refractivity contribution >= 4 is 17.9 Å². The molecule has 0 fully saturated rings. The number of methoxy groups -OCH3 is 2. The van der Waals surface area contributed by atoms with Gasteiger partial charge in [0.15, 0.2) is 5.76 Å². The quantitative estimate of drug-likeness (QED) is 0.372. The summed E-state index contributed by atoms with van der Waals surface area (Å²) in [4.78, 5) is 8.76. The van der Waals surface area contributed by atoms with Gasteiger partial charge in [0.2, 0.25) is 11.8 Å². The zero-order valence-corrected chi connectivity index (χ0v) is 19.1. The minimum absolute atomic E-state index is 0.198. The number of nitrogens with one attached hydrogen (secondary N) is 1. The van der Waals surface area contributed by atoms with Crippen molar-refractivity contribution < 1.29 is 13.9 Å². The Hall–Kier alpha value is -3.53. The molecule has 3 heterocycles. The number of aromatic nitrogens is 5. The van der Waals surface area contributed by atoms with E-state index in [1.165, 1.54) is 11.9 Å². The molecule has 1 N–H and O–H groups in total. The van der Waals surface area contributed by atoms with Crippen molar-refractivity contribution in [2.45, 2.75) is 25.5 Å². The van der Waals surface area contributed by atoms with Gasteiger partial charge < -0.3 is 13.9 Å². The number of rotatable bonds is 9. The van der Waals surface area contributed by atoms with Crippen LogP contribution in [0.15, 0.2) is 53.4 Å². The summed E-state index contributed by atoms with van der Waals surface area (Å²) in [6.45, 7) is 4.03. The van der Waals surface area contributed by atoms with E-state index < -0.39 is 0 Å². The molecule has 1 aromatic carbocycles. The maximum atomic E-state index is 5.62. The van der Waals surface area contributed by atoms with Gasteiger partial charge in [-0.1, -0.05) is 13.0 Å². The van der Waals surface area contributed by atoms with Crippen molar-refractivity contribution in [3.05, 3.63) is 60.4 Å². The lowest BCUT2D eigenvalue weighted by molar-refractivity contribution is 0.391. The lowest BCUT2D eigenvalue weighted by atomic mass is 10.2. The van der Waals surface area contributed by atoms with E-state index >= 15 is 0 Å². The summed E-state index contributed by atoms with van der Waals surface area (Å²) in [6, 6.07) is 9.22. The first-order chi connectivity index (χ1) is 15.6. The van der Waals surface area contributed by atoms with Gasteiger partial charge in [0.05, 0.1) is 31.9 Å². The van der Waals surface area contributed by atoms with Crippen LogP contribution in [0.3, 0.4) is 0 Å². The molecule has 9 nitrogen and oxygen atoms in total. The van der Waals surface area contributed by atoms with Gasteiger partial charge >= 0.3 is 0 Å². The highest BCUT2D eigenvalue weighted by molar-refractivity contribution is 8.01. The van der Waals surface area contributed by atoms with Crippen molar-refractivity contribution in [3.63, 3.8) is 0 Å². The van der Waals surface area contributed by atoms with Crippen LogP contribution >= 0.6 is 11.9 Å². The lowest BCUT2D eigenvalue weighted by Gasteiger charge is -2.17. The van der Waals surface area contributed by atoms with E-state index in [2.05, 4.69) is 31.8 Å². The average Bonchev–Trinajstić information content (AvgIpc) is 3.48. The number of benzene rings is 1. The van der Waals surface area contributed by atoms with Gasteiger partial charge in [-0.2, -0.15) is 0 Å². The SMILES string of the molecule is COc1cccc(OC)c1-n1c(NS[C@@H](C)Cc2cnc(C)cn2)nnc1-c1ccco1. The maximum Gasteiger partial charge on any atom is 0.239 e. The molecule has 0 unspecified atom stereocenters. The number of anilines is 1. The number of ether oxygens (including phenoxy) is 2. The second-order valence-electron chi connectivity index (χ2n) is 7.05. The molecular weight excluding hydrogens is 428 g/mol. The van der Waals surface area contributed by atoms with Gasteiger partial charge in [0.1, 0.15) is 17.2 Å². The van der Waals surface area contributed by atoms with Crippen molar-refractivity contribution in [1.82, 2.24) is 24.7 Å². The molecule has 0 aliphatic heterocycles. The Bertz CT molecular complexity index is 1140. The summed E-state index contributed by atoms with van der Waals surface area (Å²) in [7, 11) is 3.23. The van der Waals surface area contributed by atoms with Gasteiger partial charge in [-0.05, 0) is 43.1 Å². The van der Waals surface area contributed by atoms with E-state index in [1.54, 1.807) is 32.7 Å². The molecule has 0 bridgehead atoms. The summed E-state index contributed by atoms with van der Waals surface area (Å²) in [5, 5.41) is 8.94. The van der Waals surface area contributed by atoms with Crippen LogP contribution in [0, 0.1) is 6.92 Å². The van der Waals surface area contributed by atoms with Crippen LogP contribution < -0.4 is 14.2 Å². The minimum atomic E-state index is 0.198. The van der Waals surface area contributed by atoms with Crippen LogP contribution in [-0.2, 0) is 6.42 Å². The van der Waals surface area contributed by atoms with Crippen LogP contribution in [0.25, 0.3) is 17.3 Å². The van der Waals surface area contributed by atoms with Crippen LogP contribution in [-0.4, -0.2) is 44.2 Å². The minimum Gasteiger partial charge on any atom is -0.494 e. The third-order valence-corrected chi connectivity index (χ3v) is 5.58. The molecule has 0 radical (unpaired) electrons. The number of hydrogen-bond donors (Lipinski definition) is 1. The monoisotopic (exact) mass is 452 g/mol. The smallest absolute Gasteiger partial charge is 0.239 e. The Balaban J connectivity index is 1.66. The zero-order valence-electron chi connectivity index (χ0n) is 18.3. The Kier molecular flexibility index (Phi) is 6.60. The molecule has 4 rings (SSSR count). The van der Waals surface area contributed by atoms with Crippen LogP contribution in [0.5, 0.6) is 11.5 Å². The van der Waals surface area contributed by atoms with Crippen molar-refractivity contribution in [2.24, 2.45) is 0 Å². The van der Waals surface area contributed by atoms with Crippen molar-refractivity contribution in [2.75, 3.05) is 18.9 Å². The Morgan fingerprint density at radius 1 is 1.06 bits per heavy atom. The predicted molar refractivity (Wildman–Crippen MR) is 123 cm³/mol. The van der Waals surface area contributed by atoms with E-state index in [4.69, 9.17) is 13.9 Å². The summed E-state index contributed by atoms with van der Waals surface area (Å²) < 4.78 is 22.0. The molecule has 32 heavy (non-hydrogen) atoms. The molecule has 0 saturated carbocycles. The lowest BCUT2D eigenvalue weighted by Crippen LogP contribution is -2.10.